The van der Waals surface area contributed by atoms with E-state index in [9.17, 15) is 9.00 Å². The molecule has 0 unspecified atom stereocenters. The number of hydrogen-bond donors (Lipinski definition) is 0. The van der Waals surface area contributed by atoms with Crippen LogP contribution < -0.4 is 0 Å². The first-order valence-electron chi connectivity index (χ1n) is 5.23. The van der Waals surface area contributed by atoms with Gasteiger partial charge in [0.1, 0.15) is 0 Å². The van der Waals surface area contributed by atoms with Gasteiger partial charge < -0.3 is 0 Å². The van der Waals surface area contributed by atoms with E-state index >= 15 is 0 Å². The van der Waals surface area contributed by atoms with Crippen molar-refractivity contribution in [3.05, 3.63) is 35.4 Å². The van der Waals surface area contributed by atoms with Crippen LogP contribution in [0.5, 0.6) is 0 Å². The minimum atomic E-state index is -2.32. The van der Waals surface area contributed by atoms with Crippen molar-refractivity contribution in [2.24, 2.45) is 10.3 Å². The van der Waals surface area contributed by atoms with Crippen molar-refractivity contribution in [1.82, 2.24) is 0 Å². The standard InChI is InChI=1S/C12H15NO2S/c1-16(2,15)13-12(14)11-7-9-5-3-4-6-10(9)8-11/h3-6,11H,7-8H2,1-2H3. The summed E-state index contributed by atoms with van der Waals surface area (Å²) in [5.74, 6) is -0.329. The molecule has 0 aliphatic heterocycles. The van der Waals surface area contributed by atoms with Crippen molar-refractivity contribution in [3.63, 3.8) is 0 Å². The highest BCUT2D eigenvalue weighted by atomic mass is 32.2. The highest BCUT2D eigenvalue weighted by Crippen LogP contribution is 2.27. The van der Waals surface area contributed by atoms with E-state index in [1.54, 1.807) is 0 Å². The van der Waals surface area contributed by atoms with Gasteiger partial charge in [-0.05, 0) is 24.0 Å². The van der Waals surface area contributed by atoms with E-state index < -0.39 is 9.73 Å². The Morgan fingerprint density at radius 3 is 2.19 bits per heavy atom. The summed E-state index contributed by atoms with van der Waals surface area (Å²) in [4.78, 5) is 11.8. The van der Waals surface area contributed by atoms with E-state index in [1.165, 1.54) is 23.6 Å². The Kier molecular flexibility index (Phi) is 2.84. The minimum absolute atomic E-state index is 0.113. The zero-order valence-corrected chi connectivity index (χ0v) is 10.3. The largest absolute Gasteiger partial charge is 0.272 e. The number of carbonyl (C=O) groups is 1. The van der Waals surface area contributed by atoms with E-state index in [-0.39, 0.29) is 11.8 Å². The Morgan fingerprint density at radius 1 is 1.25 bits per heavy atom. The number of hydrogen-bond acceptors (Lipinski definition) is 2. The summed E-state index contributed by atoms with van der Waals surface area (Å²) >= 11 is 0. The van der Waals surface area contributed by atoms with Gasteiger partial charge in [-0.3, -0.25) is 4.79 Å². The molecule has 1 aliphatic rings. The van der Waals surface area contributed by atoms with Crippen LogP contribution in [0.2, 0.25) is 0 Å². The van der Waals surface area contributed by atoms with Gasteiger partial charge in [-0.15, -0.1) is 0 Å². The highest BCUT2D eigenvalue weighted by molar-refractivity contribution is 7.92. The van der Waals surface area contributed by atoms with Gasteiger partial charge in [0.15, 0.2) is 0 Å². The Morgan fingerprint density at radius 2 is 1.75 bits per heavy atom. The molecule has 0 saturated carbocycles. The molecule has 0 saturated heterocycles. The molecule has 0 bridgehead atoms. The molecule has 4 heteroatoms. The third-order valence-electron chi connectivity index (χ3n) is 2.71. The molecule has 0 heterocycles. The van der Waals surface area contributed by atoms with Crippen molar-refractivity contribution in [2.45, 2.75) is 12.8 Å². The first-order chi connectivity index (χ1) is 7.46. The van der Waals surface area contributed by atoms with E-state index in [2.05, 4.69) is 4.36 Å². The van der Waals surface area contributed by atoms with Crippen molar-refractivity contribution in [3.8, 4) is 0 Å². The maximum absolute atomic E-state index is 11.8. The molecule has 0 atom stereocenters. The molecule has 0 radical (unpaired) electrons. The lowest BCUT2D eigenvalue weighted by atomic mass is 10.1. The summed E-state index contributed by atoms with van der Waals surface area (Å²) in [5.41, 5.74) is 2.43. The van der Waals surface area contributed by atoms with Crippen LogP contribution in [0, 0.1) is 5.92 Å². The van der Waals surface area contributed by atoms with Gasteiger partial charge in [0.2, 0.25) is 0 Å². The van der Waals surface area contributed by atoms with Crippen molar-refractivity contribution >= 4 is 15.6 Å². The summed E-state index contributed by atoms with van der Waals surface area (Å²) in [6.45, 7) is 0. The molecular formula is C12H15NO2S. The Hall–Kier alpha value is -1.16. The van der Waals surface area contributed by atoms with Crippen LogP contribution in [-0.4, -0.2) is 22.6 Å². The van der Waals surface area contributed by atoms with Gasteiger partial charge in [0.05, 0.1) is 0 Å². The quantitative estimate of drug-likeness (QED) is 0.745. The molecule has 0 spiro atoms. The molecule has 86 valence electrons. The fraction of sp³-hybridized carbons (Fsp3) is 0.417. The van der Waals surface area contributed by atoms with Crippen LogP contribution in [0.4, 0.5) is 0 Å². The normalized spacial score (nSPS) is 15.9. The second kappa shape index (κ2) is 4.01. The van der Waals surface area contributed by atoms with Gasteiger partial charge >= 0.3 is 0 Å². The summed E-state index contributed by atoms with van der Waals surface area (Å²) < 4.78 is 15.2. The second-order valence-corrected chi connectivity index (χ2v) is 7.03. The number of fused-ring (bicyclic) bond motifs is 1. The number of rotatable bonds is 1. The third-order valence-corrected chi connectivity index (χ3v) is 3.33. The van der Waals surface area contributed by atoms with E-state index in [1.807, 2.05) is 24.3 Å². The Bertz CT molecular complexity index is 509. The number of carbonyl (C=O) groups excluding carboxylic acids is 1. The lowest BCUT2D eigenvalue weighted by Gasteiger charge is -2.03. The van der Waals surface area contributed by atoms with Crippen LogP contribution in [0.1, 0.15) is 11.1 Å². The van der Waals surface area contributed by atoms with Crippen LogP contribution in [0.3, 0.4) is 0 Å². The van der Waals surface area contributed by atoms with Crippen molar-refractivity contribution in [2.75, 3.05) is 12.5 Å². The van der Waals surface area contributed by atoms with Gasteiger partial charge in [0.25, 0.3) is 5.91 Å². The summed E-state index contributed by atoms with van der Waals surface area (Å²) in [6, 6.07) is 8.03. The fourth-order valence-corrected chi connectivity index (χ4v) is 2.61. The van der Waals surface area contributed by atoms with Crippen LogP contribution in [-0.2, 0) is 27.4 Å². The lowest BCUT2D eigenvalue weighted by molar-refractivity contribution is -0.121. The SMILES string of the molecule is CS(C)(=O)=NC(=O)C1Cc2ccccc2C1. The number of benzene rings is 1. The average molecular weight is 237 g/mol. The van der Waals surface area contributed by atoms with E-state index in [0.29, 0.717) is 0 Å². The minimum Gasteiger partial charge on any atom is -0.272 e. The van der Waals surface area contributed by atoms with Crippen LogP contribution >= 0.6 is 0 Å². The molecule has 0 fully saturated rings. The molecule has 0 aromatic heterocycles. The van der Waals surface area contributed by atoms with Crippen molar-refractivity contribution < 1.29 is 9.00 Å². The van der Waals surface area contributed by atoms with Gasteiger partial charge in [-0.25, -0.2) is 4.21 Å². The number of nitrogens with zero attached hydrogens (tertiary/aromatic N) is 1. The smallest absolute Gasteiger partial charge is 0.257 e. The van der Waals surface area contributed by atoms with E-state index in [4.69, 9.17) is 0 Å². The van der Waals surface area contributed by atoms with E-state index in [0.717, 1.165) is 12.8 Å². The zero-order chi connectivity index (χ0) is 11.8. The lowest BCUT2D eigenvalue weighted by Crippen LogP contribution is -2.14. The average Bonchev–Trinajstić information content (AvgIpc) is 2.58. The molecule has 3 nitrogen and oxygen atoms in total. The monoisotopic (exact) mass is 237 g/mol. The van der Waals surface area contributed by atoms with Gasteiger partial charge in [-0.2, -0.15) is 4.36 Å². The first-order valence-corrected chi connectivity index (χ1v) is 7.56. The molecule has 1 amide bonds. The summed E-state index contributed by atoms with van der Waals surface area (Å²) in [6.07, 6.45) is 4.45. The third kappa shape index (κ3) is 2.50. The maximum Gasteiger partial charge on any atom is 0.257 e. The molecule has 1 aromatic rings. The second-order valence-electron chi connectivity index (χ2n) is 4.48. The molecule has 16 heavy (non-hydrogen) atoms. The number of amides is 1. The molecule has 1 aliphatic carbocycles. The molecule has 0 N–H and O–H groups in total. The highest BCUT2D eigenvalue weighted by Gasteiger charge is 2.27. The zero-order valence-electron chi connectivity index (χ0n) is 9.47. The van der Waals surface area contributed by atoms with Crippen LogP contribution in [0.25, 0.3) is 0 Å². The Labute approximate surface area is 96.1 Å². The van der Waals surface area contributed by atoms with Gasteiger partial charge in [0, 0.05) is 28.2 Å². The summed E-state index contributed by atoms with van der Waals surface area (Å²) in [7, 11) is -2.32. The maximum atomic E-state index is 11.8. The van der Waals surface area contributed by atoms with Crippen molar-refractivity contribution in [1.29, 1.82) is 0 Å². The molecule has 2 rings (SSSR count). The predicted molar refractivity (Wildman–Crippen MR) is 64.8 cm³/mol. The first kappa shape index (κ1) is 11.3. The Balaban J connectivity index is 2.19. The molecular weight excluding hydrogens is 222 g/mol. The molecule has 1 aromatic carbocycles. The fourth-order valence-electron chi connectivity index (χ4n) is 2.02. The summed E-state index contributed by atoms with van der Waals surface area (Å²) in [5, 5.41) is 0. The van der Waals surface area contributed by atoms with Crippen LogP contribution in [0.15, 0.2) is 28.6 Å². The van der Waals surface area contributed by atoms with Gasteiger partial charge in [-0.1, -0.05) is 24.3 Å². The predicted octanol–water partition coefficient (Wildman–Crippen LogP) is 1.66. The topological polar surface area (TPSA) is 46.5 Å².